The van der Waals surface area contributed by atoms with E-state index in [2.05, 4.69) is 6.92 Å². The Balaban J connectivity index is 2.08. The quantitative estimate of drug-likeness (QED) is 0.736. The molecule has 6 nitrogen and oxygen atoms in total. The van der Waals surface area contributed by atoms with Crippen molar-refractivity contribution >= 4 is 12.0 Å². The first kappa shape index (κ1) is 14.1. The van der Waals surface area contributed by atoms with Gasteiger partial charge in [0.15, 0.2) is 0 Å². The molecule has 2 rings (SSSR count). The van der Waals surface area contributed by atoms with Crippen LogP contribution < -0.4 is 0 Å². The number of carboxylic acids is 1. The van der Waals surface area contributed by atoms with Gasteiger partial charge >= 0.3 is 12.0 Å². The fraction of sp³-hybridized carbons (Fsp3) is 0.846. The zero-order valence-electron chi connectivity index (χ0n) is 11.5. The highest BCUT2D eigenvalue weighted by Gasteiger charge is 2.42. The van der Waals surface area contributed by atoms with Gasteiger partial charge in [-0.3, -0.25) is 0 Å². The Labute approximate surface area is 113 Å². The fourth-order valence-electron chi connectivity index (χ4n) is 3.12. The van der Waals surface area contributed by atoms with Crippen molar-refractivity contribution in [3.8, 4) is 0 Å². The Morgan fingerprint density at radius 3 is 2.42 bits per heavy atom. The molecule has 0 bridgehead atoms. The molecule has 2 heterocycles. The van der Waals surface area contributed by atoms with Gasteiger partial charge in [-0.15, -0.1) is 0 Å². The molecular formula is C13H22N2O4. The van der Waals surface area contributed by atoms with Gasteiger partial charge in [0.05, 0.1) is 6.10 Å². The molecule has 2 aliphatic heterocycles. The molecule has 0 spiro atoms. The van der Waals surface area contributed by atoms with E-state index in [4.69, 9.17) is 5.11 Å². The number of nitrogens with zero attached hydrogens (tertiary/aromatic N) is 2. The Kier molecular flexibility index (Phi) is 3.99. The number of hydrogen-bond donors (Lipinski definition) is 2. The first-order valence-corrected chi connectivity index (χ1v) is 6.88. The van der Waals surface area contributed by atoms with Crippen LogP contribution >= 0.6 is 0 Å². The highest BCUT2D eigenvalue weighted by atomic mass is 16.4. The zero-order valence-corrected chi connectivity index (χ0v) is 11.5. The average molecular weight is 270 g/mol. The smallest absolute Gasteiger partial charge is 0.326 e. The van der Waals surface area contributed by atoms with Gasteiger partial charge in [-0.2, -0.15) is 0 Å². The molecule has 2 amide bonds. The first-order valence-electron chi connectivity index (χ1n) is 6.88. The molecule has 2 fully saturated rings. The fourth-order valence-corrected chi connectivity index (χ4v) is 3.12. The first-order chi connectivity index (χ1) is 8.90. The number of amides is 2. The lowest BCUT2D eigenvalue weighted by molar-refractivity contribution is -0.141. The maximum absolute atomic E-state index is 12.5. The number of carbonyl (C=O) groups is 2. The van der Waals surface area contributed by atoms with Gasteiger partial charge in [-0.25, -0.2) is 9.59 Å². The molecule has 0 aromatic heterocycles. The van der Waals surface area contributed by atoms with Gasteiger partial charge in [-0.1, -0.05) is 6.92 Å². The summed E-state index contributed by atoms with van der Waals surface area (Å²) in [5, 5.41) is 18.7. The minimum atomic E-state index is -1.04. The van der Waals surface area contributed by atoms with Crippen LogP contribution in [-0.4, -0.2) is 63.3 Å². The summed E-state index contributed by atoms with van der Waals surface area (Å²) >= 11 is 0. The largest absolute Gasteiger partial charge is 0.480 e. The Bertz CT molecular complexity index is 374. The van der Waals surface area contributed by atoms with Crippen LogP contribution in [0.1, 0.15) is 33.1 Å². The summed E-state index contributed by atoms with van der Waals surface area (Å²) in [5.41, 5.74) is 0. The van der Waals surface area contributed by atoms with E-state index in [1.54, 1.807) is 4.90 Å². The predicted octanol–water partition coefficient (Wildman–Crippen LogP) is 0.747. The van der Waals surface area contributed by atoms with Gasteiger partial charge in [0, 0.05) is 25.6 Å². The standard InChI is InChI=1S/C13H22N2O4/c1-8-3-4-14(9(2)5-8)13(19)15-7-10(16)6-11(15)12(17)18/h8-11,16H,3-7H2,1-2H3,(H,17,18)/t8?,9?,10?,11-/m0/s1. The van der Waals surface area contributed by atoms with Crippen molar-refractivity contribution in [1.29, 1.82) is 0 Å². The van der Waals surface area contributed by atoms with Gasteiger partial charge in [0.1, 0.15) is 6.04 Å². The summed E-state index contributed by atoms with van der Waals surface area (Å²) in [4.78, 5) is 26.7. The maximum Gasteiger partial charge on any atom is 0.326 e. The van der Waals surface area contributed by atoms with E-state index in [1.165, 1.54) is 4.90 Å². The molecule has 4 atom stereocenters. The number of aliphatic carboxylic acids is 1. The minimum Gasteiger partial charge on any atom is -0.480 e. The molecular weight excluding hydrogens is 248 g/mol. The monoisotopic (exact) mass is 270 g/mol. The van der Waals surface area contributed by atoms with E-state index >= 15 is 0 Å². The second kappa shape index (κ2) is 5.36. The van der Waals surface area contributed by atoms with E-state index in [1.807, 2.05) is 6.92 Å². The molecule has 6 heteroatoms. The van der Waals surface area contributed by atoms with Crippen molar-refractivity contribution < 1.29 is 19.8 Å². The maximum atomic E-state index is 12.5. The molecule has 0 radical (unpaired) electrons. The van der Waals surface area contributed by atoms with E-state index in [9.17, 15) is 14.7 Å². The molecule has 0 aliphatic carbocycles. The normalized spacial score (nSPS) is 35.5. The van der Waals surface area contributed by atoms with Gasteiger partial charge in [0.25, 0.3) is 0 Å². The molecule has 3 unspecified atom stereocenters. The van der Waals surface area contributed by atoms with Crippen LogP contribution in [0.5, 0.6) is 0 Å². The highest BCUT2D eigenvalue weighted by Crippen LogP contribution is 2.26. The number of urea groups is 1. The number of rotatable bonds is 1. The third-order valence-electron chi connectivity index (χ3n) is 4.19. The summed E-state index contributed by atoms with van der Waals surface area (Å²) in [7, 11) is 0. The summed E-state index contributed by atoms with van der Waals surface area (Å²) in [6.45, 7) is 4.95. The Morgan fingerprint density at radius 1 is 1.16 bits per heavy atom. The summed E-state index contributed by atoms with van der Waals surface area (Å²) in [6, 6.07) is -1.01. The summed E-state index contributed by atoms with van der Waals surface area (Å²) in [6.07, 6.45) is 1.29. The van der Waals surface area contributed by atoms with Crippen LogP contribution in [0, 0.1) is 5.92 Å². The highest BCUT2D eigenvalue weighted by molar-refractivity contribution is 5.83. The lowest BCUT2D eigenvalue weighted by atomic mass is 9.94. The number of aliphatic hydroxyl groups excluding tert-OH is 1. The predicted molar refractivity (Wildman–Crippen MR) is 68.7 cm³/mol. The molecule has 2 saturated heterocycles. The number of piperidine rings is 1. The zero-order chi connectivity index (χ0) is 14.2. The summed E-state index contributed by atoms with van der Waals surface area (Å²) in [5.74, 6) is -0.443. The third-order valence-corrected chi connectivity index (χ3v) is 4.19. The van der Waals surface area contributed by atoms with E-state index < -0.39 is 18.1 Å². The average Bonchev–Trinajstić information content (AvgIpc) is 2.70. The van der Waals surface area contributed by atoms with Gasteiger partial charge in [0.2, 0.25) is 0 Å². The number of hydrogen-bond acceptors (Lipinski definition) is 3. The van der Waals surface area contributed by atoms with Crippen molar-refractivity contribution in [3.63, 3.8) is 0 Å². The van der Waals surface area contributed by atoms with Crippen molar-refractivity contribution in [2.45, 2.75) is 51.3 Å². The van der Waals surface area contributed by atoms with Crippen molar-refractivity contribution in [2.75, 3.05) is 13.1 Å². The topological polar surface area (TPSA) is 81.1 Å². The molecule has 0 saturated carbocycles. The SMILES string of the molecule is CC1CCN(C(=O)N2CC(O)C[C@H]2C(=O)O)C(C)C1. The van der Waals surface area contributed by atoms with Crippen molar-refractivity contribution in [2.24, 2.45) is 5.92 Å². The Hall–Kier alpha value is -1.30. The number of β-amino-alcohol motifs (C(OH)–C–C–N with tert-alkyl or cyclic N) is 1. The molecule has 0 aromatic carbocycles. The molecule has 0 aromatic rings. The van der Waals surface area contributed by atoms with Gasteiger partial charge in [-0.05, 0) is 25.7 Å². The van der Waals surface area contributed by atoms with Crippen LogP contribution in [0.25, 0.3) is 0 Å². The van der Waals surface area contributed by atoms with Crippen LogP contribution in [0.3, 0.4) is 0 Å². The van der Waals surface area contributed by atoms with E-state index in [-0.39, 0.29) is 25.0 Å². The number of carboxylic acid groups (broad SMARTS) is 1. The van der Waals surface area contributed by atoms with Gasteiger partial charge < -0.3 is 20.0 Å². The van der Waals surface area contributed by atoms with E-state index in [0.29, 0.717) is 12.5 Å². The van der Waals surface area contributed by atoms with Crippen LogP contribution in [0.4, 0.5) is 4.79 Å². The molecule has 2 aliphatic rings. The minimum absolute atomic E-state index is 0.120. The summed E-state index contributed by atoms with van der Waals surface area (Å²) < 4.78 is 0. The van der Waals surface area contributed by atoms with Crippen LogP contribution in [0.2, 0.25) is 0 Å². The lowest BCUT2D eigenvalue weighted by Crippen LogP contribution is -2.53. The van der Waals surface area contributed by atoms with Crippen LogP contribution in [0.15, 0.2) is 0 Å². The second-order valence-electron chi connectivity index (χ2n) is 5.85. The third kappa shape index (κ3) is 2.83. The molecule has 2 N–H and O–H groups in total. The van der Waals surface area contributed by atoms with Crippen molar-refractivity contribution in [1.82, 2.24) is 9.80 Å². The second-order valence-corrected chi connectivity index (χ2v) is 5.85. The van der Waals surface area contributed by atoms with Crippen LogP contribution in [-0.2, 0) is 4.79 Å². The lowest BCUT2D eigenvalue weighted by Gasteiger charge is -2.39. The number of carbonyl (C=O) groups excluding carboxylic acids is 1. The Morgan fingerprint density at radius 2 is 1.84 bits per heavy atom. The molecule has 108 valence electrons. The molecule has 19 heavy (non-hydrogen) atoms. The van der Waals surface area contributed by atoms with Crippen molar-refractivity contribution in [3.05, 3.63) is 0 Å². The number of likely N-dealkylation sites (tertiary alicyclic amines) is 2. The number of aliphatic hydroxyl groups is 1. The van der Waals surface area contributed by atoms with E-state index in [0.717, 1.165) is 12.8 Å².